The Morgan fingerprint density at radius 1 is 0.947 bits per heavy atom. The maximum absolute atomic E-state index is 14.1. The van der Waals surface area contributed by atoms with Gasteiger partial charge in [-0.05, 0) is 18.1 Å². The van der Waals surface area contributed by atoms with Gasteiger partial charge in [-0.15, -0.1) is 5.92 Å². The van der Waals surface area contributed by atoms with Crippen molar-refractivity contribution in [2.75, 3.05) is 0 Å². The Morgan fingerprint density at radius 3 is 2.00 bits per heavy atom. The largest absolute Gasteiger partial charge is 0.471 e. The monoisotopic (exact) mass is 587 g/mol. The highest BCUT2D eigenvalue weighted by atomic mass is 35.6. The Labute approximate surface area is 232 Å². The van der Waals surface area contributed by atoms with Crippen LogP contribution in [0.25, 0.3) is 0 Å². The predicted octanol–water partition coefficient (Wildman–Crippen LogP) is 5.68. The van der Waals surface area contributed by atoms with Gasteiger partial charge in [-0.1, -0.05) is 101 Å². The van der Waals surface area contributed by atoms with Gasteiger partial charge in [0.25, 0.3) is 9.70 Å². The molecule has 0 aliphatic carbocycles. The molecule has 202 valence electrons. The van der Waals surface area contributed by atoms with Crippen LogP contribution in [-0.2, 0) is 37.0 Å². The second-order valence-electron chi connectivity index (χ2n) is 7.86. The number of imide groups is 1. The number of rotatable bonds is 7. The van der Waals surface area contributed by atoms with Gasteiger partial charge < -0.3 is 18.9 Å². The number of halogens is 5. The zero-order valence-corrected chi connectivity index (χ0v) is 22.1. The molecule has 2 aromatic carbocycles. The molecule has 0 aromatic heterocycles. The van der Waals surface area contributed by atoms with E-state index in [4.69, 9.17) is 53.8 Å². The first kappa shape index (κ1) is 29.7. The topological polar surface area (TPSA) is 83.1 Å². The molecule has 2 amide bonds. The quantitative estimate of drug-likeness (QED) is 0.331. The van der Waals surface area contributed by atoms with Crippen molar-refractivity contribution in [1.29, 1.82) is 0 Å². The zero-order valence-electron chi connectivity index (χ0n) is 19.8. The van der Waals surface area contributed by atoms with Crippen molar-refractivity contribution in [3.63, 3.8) is 0 Å². The van der Waals surface area contributed by atoms with Crippen LogP contribution in [-0.4, -0.2) is 40.2 Å². The number of hydrogen-bond donors (Lipinski definition) is 1. The Balaban J connectivity index is 1.96. The van der Waals surface area contributed by atoms with Gasteiger partial charge in [-0.2, -0.15) is 8.78 Å². The third-order valence-corrected chi connectivity index (χ3v) is 5.69. The Bertz CT molecular complexity index is 1190. The molecular weight excluding hydrogens is 567 g/mol. The van der Waals surface area contributed by atoms with Crippen molar-refractivity contribution in [3.05, 3.63) is 83.6 Å². The maximum atomic E-state index is 14.1. The fraction of sp³-hybridized carbons (Fsp3) is 0.308. The number of ether oxygens (including phenoxy) is 4. The fourth-order valence-electron chi connectivity index (χ4n) is 3.50. The van der Waals surface area contributed by atoms with Crippen molar-refractivity contribution in [2.45, 2.75) is 48.3 Å². The number of hydrogen-bond acceptors (Lipinski definition) is 6. The summed E-state index contributed by atoms with van der Waals surface area (Å²) in [5.74, 6) is 3.06. The molecule has 0 unspecified atom stereocenters. The molecule has 0 saturated carbocycles. The second kappa shape index (κ2) is 13.8. The summed E-state index contributed by atoms with van der Waals surface area (Å²) in [6.45, 7) is 1.33. The summed E-state index contributed by atoms with van der Waals surface area (Å²) in [6, 6.07) is 17.6. The van der Waals surface area contributed by atoms with Crippen LogP contribution in [0.15, 0.2) is 72.5 Å². The molecule has 12 heteroatoms. The molecule has 38 heavy (non-hydrogen) atoms. The number of alkyl halides is 3. The molecule has 0 radical (unpaired) electrons. The van der Waals surface area contributed by atoms with Crippen LogP contribution in [0.5, 0.6) is 0 Å². The van der Waals surface area contributed by atoms with E-state index in [2.05, 4.69) is 11.8 Å². The lowest BCUT2D eigenvalue weighted by Gasteiger charge is -2.40. The van der Waals surface area contributed by atoms with E-state index in [1.807, 2.05) is 6.07 Å². The Hall–Kier alpha value is -2.87. The number of amides is 2. The van der Waals surface area contributed by atoms with E-state index in [1.165, 1.54) is 6.92 Å². The van der Waals surface area contributed by atoms with Crippen molar-refractivity contribution >= 4 is 46.8 Å². The first-order valence-electron chi connectivity index (χ1n) is 11.1. The summed E-state index contributed by atoms with van der Waals surface area (Å²) in [4.78, 5) is 24.6. The highest BCUT2D eigenvalue weighted by Gasteiger charge is 2.50. The number of carbonyl (C=O) groups is 2. The van der Waals surface area contributed by atoms with Crippen molar-refractivity contribution in [2.24, 2.45) is 0 Å². The molecular formula is C26H22Cl3F2NO6. The molecule has 3 rings (SSSR count). The third kappa shape index (κ3) is 8.32. The van der Waals surface area contributed by atoms with Gasteiger partial charge in [0.1, 0.15) is 6.10 Å². The third-order valence-electron chi connectivity index (χ3n) is 5.18. The minimum Gasteiger partial charge on any atom is -0.471 e. The molecule has 4 atom stereocenters. The number of benzene rings is 2. The number of alkyl carbamates (subject to hydrolysis) is 1. The Morgan fingerprint density at radius 2 is 1.50 bits per heavy atom. The Kier molecular flexibility index (Phi) is 10.8. The fourth-order valence-corrected chi connectivity index (χ4v) is 3.64. The average molecular weight is 589 g/mol. The van der Waals surface area contributed by atoms with Crippen LogP contribution in [0.4, 0.5) is 13.6 Å². The highest BCUT2D eigenvalue weighted by Crippen LogP contribution is 2.34. The molecule has 1 aliphatic rings. The van der Waals surface area contributed by atoms with Crippen LogP contribution in [0.3, 0.4) is 0 Å². The molecule has 2 aromatic rings. The van der Waals surface area contributed by atoms with Gasteiger partial charge in [0.15, 0.2) is 24.1 Å². The summed E-state index contributed by atoms with van der Waals surface area (Å²) in [5, 5.41) is 1.76. The summed E-state index contributed by atoms with van der Waals surface area (Å²) in [6.07, 6.45) is -9.28. The van der Waals surface area contributed by atoms with Gasteiger partial charge in [0, 0.05) is 0 Å². The number of nitrogens with one attached hydrogen (secondary N) is 1. The molecule has 0 spiro atoms. The minimum atomic E-state index is -2.48. The van der Waals surface area contributed by atoms with E-state index in [-0.39, 0.29) is 13.2 Å². The summed E-state index contributed by atoms with van der Waals surface area (Å²) in [7, 11) is 0. The SMILES string of the molecule is CC#C[C@H]1OC(=C(F)F)[C@@H](OCc2ccccc2)[C@@H](OC(=O)NC(=O)C(Cl)(Cl)Cl)[C@@H]1OCc1ccccc1. The highest BCUT2D eigenvalue weighted by molar-refractivity contribution is 6.76. The van der Waals surface area contributed by atoms with Gasteiger partial charge in [0.2, 0.25) is 0 Å². The van der Waals surface area contributed by atoms with Crippen molar-refractivity contribution in [1.82, 2.24) is 5.32 Å². The van der Waals surface area contributed by atoms with Gasteiger partial charge in [-0.25, -0.2) is 4.79 Å². The molecule has 1 N–H and O–H groups in total. The van der Waals surface area contributed by atoms with Crippen LogP contribution in [0.1, 0.15) is 18.1 Å². The van der Waals surface area contributed by atoms with Crippen LogP contribution in [0.2, 0.25) is 0 Å². The van der Waals surface area contributed by atoms with E-state index >= 15 is 0 Å². The van der Waals surface area contributed by atoms with Gasteiger partial charge >= 0.3 is 12.2 Å². The smallest absolute Gasteiger partial charge is 0.414 e. The summed E-state index contributed by atoms with van der Waals surface area (Å²) in [5.41, 5.74) is 1.39. The van der Waals surface area contributed by atoms with Gasteiger partial charge in [-0.3, -0.25) is 10.1 Å². The number of carbonyl (C=O) groups excluding carboxylic acids is 2. The minimum absolute atomic E-state index is 0.00607. The van der Waals surface area contributed by atoms with E-state index in [0.717, 1.165) is 5.56 Å². The average Bonchev–Trinajstić information content (AvgIpc) is 2.88. The van der Waals surface area contributed by atoms with Crippen LogP contribution in [0, 0.1) is 11.8 Å². The normalized spacial score (nSPS) is 20.9. The van der Waals surface area contributed by atoms with E-state index in [1.54, 1.807) is 59.9 Å². The summed E-state index contributed by atoms with van der Waals surface area (Å²) >= 11 is 16.5. The summed E-state index contributed by atoms with van der Waals surface area (Å²) < 4.78 is 48.4. The first-order chi connectivity index (χ1) is 18.1. The zero-order chi connectivity index (χ0) is 27.7. The van der Waals surface area contributed by atoms with E-state index < -0.39 is 52.0 Å². The first-order valence-corrected chi connectivity index (χ1v) is 12.3. The lowest BCUT2D eigenvalue weighted by molar-refractivity contribution is -0.185. The molecule has 1 saturated heterocycles. The standard InChI is InChI=1S/C26H22Cl3F2NO6/c1-2-9-18-19(35-14-16-10-5-3-6-11-16)21(38-25(34)32-24(33)26(27,28)29)20(22(37-18)23(30)31)36-15-17-12-7-4-8-13-17/h3-8,10-13,18-21H,14-15H2,1H3,(H,32,33,34)/t18-,19-,20+,21+/m1/s1. The van der Waals surface area contributed by atoms with Crippen LogP contribution >= 0.6 is 34.8 Å². The predicted molar refractivity (Wildman–Crippen MR) is 136 cm³/mol. The van der Waals surface area contributed by atoms with Gasteiger partial charge in [0.05, 0.1) is 13.2 Å². The van der Waals surface area contributed by atoms with Crippen molar-refractivity contribution < 1.29 is 37.3 Å². The maximum Gasteiger partial charge on any atom is 0.414 e. The van der Waals surface area contributed by atoms with E-state index in [9.17, 15) is 18.4 Å². The lowest BCUT2D eigenvalue weighted by atomic mass is 9.97. The lowest BCUT2D eigenvalue weighted by Crippen LogP contribution is -2.56. The molecule has 1 fully saturated rings. The van der Waals surface area contributed by atoms with E-state index in [0.29, 0.717) is 5.56 Å². The second-order valence-corrected chi connectivity index (χ2v) is 10.1. The van der Waals surface area contributed by atoms with Crippen LogP contribution < -0.4 is 5.32 Å². The molecule has 1 aliphatic heterocycles. The molecule has 7 nitrogen and oxygen atoms in total. The van der Waals surface area contributed by atoms with Crippen molar-refractivity contribution in [3.8, 4) is 11.8 Å². The molecule has 1 heterocycles. The molecule has 0 bridgehead atoms.